The Kier molecular flexibility index (Phi) is 4.83. The monoisotopic (exact) mass is 402 g/mol. The Hall–Kier alpha value is -3.41. The predicted molar refractivity (Wildman–Crippen MR) is 115 cm³/mol. The largest absolute Gasteiger partial charge is 0.496 e. The molecule has 5 nitrogen and oxygen atoms in total. The molecule has 0 atom stereocenters. The van der Waals surface area contributed by atoms with E-state index in [1.165, 1.54) is 17.7 Å². The van der Waals surface area contributed by atoms with Gasteiger partial charge in [0, 0.05) is 35.0 Å². The van der Waals surface area contributed by atoms with Gasteiger partial charge in [0.05, 0.1) is 12.8 Å². The number of nitrogens with zero attached hydrogens (tertiary/aromatic N) is 3. The van der Waals surface area contributed by atoms with E-state index in [1.54, 1.807) is 13.2 Å². The van der Waals surface area contributed by atoms with Crippen LogP contribution in [-0.4, -0.2) is 21.7 Å². The molecule has 30 heavy (non-hydrogen) atoms. The SMILES string of the molecule is COc1ccccc1CNc1c2c(nc3cc(-c4cccc(F)c4)nn13)CCCC2. The highest BCUT2D eigenvalue weighted by atomic mass is 19.1. The van der Waals surface area contributed by atoms with Crippen LogP contribution < -0.4 is 10.1 Å². The van der Waals surface area contributed by atoms with E-state index in [0.717, 1.165) is 59.7 Å². The predicted octanol–water partition coefficient (Wildman–Crippen LogP) is 5.03. The minimum Gasteiger partial charge on any atom is -0.496 e. The zero-order valence-corrected chi connectivity index (χ0v) is 16.9. The second-order valence-electron chi connectivity index (χ2n) is 7.57. The number of hydrogen-bond acceptors (Lipinski definition) is 4. The Morgan fingerprint density at radius 1 is 1.07 bits per heavy atom. The molecular weight excluding hydrogens is 379 g/mol. The number of fused-ring (bicyclic) bond motifs is 2. The van der Waals surface area contributed by atoms with Crippen molar-refractivity contribution in [2.75, 3.05) is 12.4 Å². The van der Waals surface area contributed by atoms with E-state index in [1.807, 2.05) is 34.8 Å². The highest BCUT2D eigenvalue weighted by Gasteiger charge is 2.20. The smallest absolute Gasteiger partial charge is 0.158 e. The molecule has 0 fully saturated rings. The molecule has 0 bridgehead atoms. The van der Waals surface area contributed by atoms with Gasteiger partial charge in [-0.1, -0.05) is 30.3 Å². The number of anilines is 1. The molecule has 0 amide bonds. The standard InChI is InChI=1S/C24H23FN4O/c1-30-22-12-5-2-7-17(22)15-26-24-19-10-3-4-11-20(19)27-23-14-21(28-29(23)24)16-8-6-9-18(25)13-16/h2,5-9,12-14,26H,3-4,10-11,15H2,1H3. The summed E-state index contributed by atoms with van der Waals surface area (Å²) >= 11 is 0. The summed E-state index contributed by atoms with van der Waals surface area (Å²) in [5, 5.41) is 8.37. The van der Waals surface area contributed by atoms with Gasteiger partial charge in [-0.25, -0.2) is 9.37 Å². The lowest BCUT2D eigenvalue weighted by Gasteiger charge is -2.20. The molecule has 1 aliphatic carbocycles. The molecule has 1 aliphatic rings. The number of aryl methyl sites for hydroxylation is 1. The minimum absolute atomic E-state index is 0.272. The molecular formula is C24H23FN4O. The van der Waals surface area contributed by atoms with Gasteiger partial charge in [0.1, 0.15) is 17.4 Å². The van der Waals surface area contributed by atoms with Crippen LogP contribution in [0.3, 0.4) is 0 Å². The van der Waals surface area contributed by atoms with Gasteiger partial charge >= 0.3 is 0 Å². The first-order valence-corrected chi connectivity index (χ1v) is 10.3. The number of hydrogen-bond donors (Lipinski definition) is 1. The number of para-hydroxylation sites is 1. The van der Waals surface area contributed by atoms with Crippen LogP contribution in [0, 0.1) is 5.82 Å². The summed E-state index contributed by atoms with van der Waals surface area (Å²) in [6.07, 6.45) is 4.23. The molecule has 2 aromatic carbocycles. The number of halogens is 1. The van der Waals surface area contributed by atoms with Crippen LogP contribution in [0.2, 0.25) is 0 Å². The first kappa shape index (κ1) is 18.6. The van der Waals surface area contributed by atoms with Crippen molar-refractivity contribution >= 4 is 11.5 Å². The fraction of sp³-hybridized carbons (Fsp3) is 0.250. The summed E-state index contributed by atoms with van der Waals surface area (Å²) in [6, 6.07) is 16.4. The second kappa shape index (κ2) is 7.78. The molecule has 0 spiro atoms. The van der Waals surface area contributed by atoms with E-state index < -0.39 is 0 Å². The molecule has 4 aromatic rings. The van der Waals surface area contributed by atoms with Gasteiger partial charge in [-0.2, -0.15) is 9.61 Å². The average Bonchev–Trinajstić information content (AvgIpc) is 3.21. The lowest BCUT2D eigenvalue weighted by atomic mass is 9.96. The molecule has 2 heterocycles. The molecule has 1 N–H and O–H groups in total. The molecule has 0 saturated carbocycles. The summed E-state index contributed by atoms with van der Waals surface area (Å²) in [7, 11) is 1.68. The minimum atomic E-state index is -0.272. The third-order valence-electron chi connectivity index (χ3n) is 5.64. The number of methoxy groups -OCH3 is 1. The Bertz CT molecular complexity index is 1220. The number of rotatable bonds is 5. The van der Waals surface area contributed by atoms with Crippen LogP contribution in [-0.2, 0) is 19.4 Å². The number of aromatic nitrogens is 3. The van der Waals surface area contributed by atoms with Crippen molar-refractivity contribution in [1.82, 2.24) is 14.6 Å². The third-order valence-corrected chi connectivity index (χ3v) is 5.64. The summed E-state index contributed by atoms with van der Waals surface area (Å²) < 4.78 is 21.1. The molecule has 6 heteroatoms. The number of benzene rings is 2. The van der Waals surface area contributed by atoms with Gasteiger partial charge in [-0.05, 0) is 43.9 Å². The first-order valence-electron chi connectivity index (χ1n) is 10.3. The molecule has 0 radical (unpaired) electrons. The summed E-state index contributed by atoms with van der Waals surface area (Å²) in [5.74, 6) is 1.54. The van der Waals surface area contributed by atoms with E-state index in [4.69, 9.17) is 14.8 Å². The Morgan fingerprint density at radius 2 is 1.93 bits per heavy atom. The van der Waals surface area contributed by atoms with Crippen molar-refractivity contribution in [2.45, 2.75) is 32.2 Å². The van der Waals surface area contributed by atoms with Gasteiger partial charge in [-0.15, -0.1) is 0 Å². The summed E-state index contributed by atoms with van der Waals surface area (Å²) in [6.45, 7) is 0.616. The van der Waals surface area contributed by atoms with Crippen LogP contribution in [0.5, 0.6) is 5.75 Å². The molecule has 0 aliphatic heterocycles. The number of nitrogens with one attached hydrogen (secondary N) is 1. The molecule has 0 unspecified atom stereocenters. The van der Waals surface area contributed by atoms with Gasteiger partial charge in [0.15, 0.2) is 5.65 Å². The maximum Gasteiger partial charge on any atom is 0.158 e. The van der Waals surface area contributed by atoms with Gasteiger partial charge < -0.3 is 10.1 Å². The van der Waals surface area contributed by atoms with Crippen molar-refractivity contribution in [3.8, 4) is 17.0 Å². The first-order chi connectivity index (χ1) is 14.7. The lowest BCUT2D eigenvalue weighted by Crippen LogP contribution is -2.15. The highest BCUT2D eigenvalue weighted by molar-refractivity contribution is 5.67. The van der Waals surface area contributed by atoms with Gasteiger partial charge in [0.2, 0.25) is 0 Å². The van der Waals surface area contributed by atoms with Crippen LogP contribution >= 0.6 is 0 Å². The quantitative estimate of drug-likeness (QED) is 0.508. The van der Waals surface area contributed by atoms with Crippen LogP contribution in [0.4, 0.5) is 10.2 Å². The van der Waals surface area contributed by atoms with E-state index in [-0.39, 0.29) is 5.82 Å². The third kappa shape index (κ3) is 3.38. The zero-order chi connectivity index (χ0) is 20.5. The van der Waals surface area contributed by atoms with Crippen molar-refractivity contribution in [1.29, 1.82) is 0 Å². The maximum atomic E-state index is 13.7. The Labute approximate surface area is 174 Å². The van der Waals surface area contributed by atoms with Crippen molar-refractivity contribution in [3.63, 3.8) is 0 Å². The van der Waals surface area contributed by atoms with E-state index in [0.29, 0.717) is 12.2 Å². The fourth-order valence-electron chi connectivity index (χ4n) is 4.15. The summed E-state index contributed by atoms with van der Waals surface area (Å²) in [4.78, 5) is 4.88. The summed E-state index contributed by atoms with van der Waals surface area (Å²) in [5.41, 5.74) is 5.66. The van der Waals surface area contributed by atoms with E-state index in [9.17, 15) is 4.39 Å². The molecule has 2 aromatic heterocycles. The molecule has 5 rings (SSSR count). The highest BCUT2D eigenvalue weighted by Crippen LogP contribution is 2.31. The average molecular weight is 402 g/mol. The second-order valence-corrected chi connectivity index (χ2v) is 7.57. The fourth-order valence-corrected chi connectivity index (χ4v) is 4.15. The van der Waals surface area contributed by atoms with Crippen LogP contribution in [0.25, 0.3) is 16.9 Å². The zero-order valence-electron chi connectivity index (χ0n) is 16.9. The van der Waals surface area contributed by atoms with Crippen molar-refractivity contribution in [3.05, 3.63) is 77.2 Å². The number of ether oxygens (including phenoxy) is 1. The maximum absolute atomic E-state index is 13.7. The van der Waals surface area contributed by atoms with Crippen molar-refractivity contribution in [2.24, 2.45) is 0 Å². The molecule has 152 valence electrons. The van der Waals surface area contributed by atoms with Crippen LogP contribution in [0.15, 0.2) is 54.6 Å². The normalized spacial score (nSPS) is 13.3. The Balaban J connectivity index is 1.59. The van der Waals surface area contributed by atoms with Crippen LogP contribution in [0.1, 0.15) is 29.7 Å². The van der Waals surface area contributed by atoms with Gasteiger partial charge in [-0.3, -0.25) is 0 Å². The van der Waals surface area contributed by atoms with Gasteiger partial charge in [0.25, 0.3) is 0 Å². The van der Waals surface area contributed by atoms with Crippen molar-refractivity contribution < 1.29 is 9.13 Å². The van der Waals surface area contributed by atoms with E-state index in [2.05, 4.69) is 11.4 Å². The Morgan fingerprint density at radius 3 is 2.80 bits per heavy atom. The van der Waals surface area contributed by atoms with E-state index >= 15 is 0 Å². The lowest BCUT2D eigenvalue weighted by molar-refractivity contribution is 0.410. The molecule has 0 saturated heterocycles. The topological polar surface area (TPSA) is 51.5 Å².